The van der Waals surface area contributed by atoms with Crippen LogP contribution in [-0.2, 0) is 4.79 Å². The molecule has 1 amide bonds. The van der Waals surface area contributed by atoms with Gasteiger partial charge >= 0.3 is 0 Å². The van der Waals surface area contributed by atoms with Gasteiger partial charge in [0.15, 0.2) is 0 Å². The fourth-order valence-electron chi connectivity index (χ4n) is 2.51. The van der Waals surface area contributed by atoms with Crippen LogP contribution in [0.2, 0.25) is 0 Å². The maximum Gasteiger partial charge on any atom is 0.242 e. The SMILES string of the molecule is CC(C)(C(=O)N1CCNCC1)N1CCSCC1. The number of amides is 1. The number of hydrogen-bond acceptors (Lipinski definition) is 4. The highest BCUT2D eigenvalue weighted by Crippen LogP contribution is 2.22. The highest BCUT2D eigenvalue weighted by molar-refractivity contribution is 7.99. The lowest BCUT2D eigenvalue weighted by Crippen LogP contribution is -2.60. The van der Waals surface area contributed by atoms with Gasteiger partial charge in [0, 0.05) is 50.8 Å². The van der Waals surface area contributed by atoms with Crippen molar-refractivity contribution in [3.63, 3.8) is 0 Å². The van der Waals surface area contributed by atoms with Crippen molar-refractivity contribution >= 4 is 17.7 Å². The minimum atomic E-state index is -0.335. The van der Waals surface area contributed by atoms with E-state index in [2.05, 4.69) is 24.1 Å². The normalized spacial score (nSPS) is 23.8. The molecule has 2 aliphatic heterocycles. The fourth-order valence-corrected chi connectivity index (χ4v) is 3.42. The molecule has 0 atom stereocenters. The molecule has 0 radical (unpaired) electrons. The Kier molecular flexibility index (Phi) is 4.33. The van der Waals surface area contributed by atoms with Crippen LogP contribution in [-0.4, -0.2) is 72.0 Å². The molecule has 2 rings (SSSR count). The summed E-state index contributed by atoms with van der Waals surface area (Å²) in [5.74, 6) is 2.60. The van der Waals surface area contributed by atoms with E-state index in [9.17, 15) is 4.79 Å². The van der Waals surface area contributed by atoms with Crippen LogP contribution in [0.4, 0.5) is 0 Å². The molecule has 2 aliphatic rings. The predicted molar refractivity (Wildman–Crippen MR) is 72.4 cm³/mol. The summed E-state index contributed by atoms with van der Waals surface area (Å²) in [6.45, 7) is 9.79. The number of carbonyl (C=O) groups excluding carboxylic acids is 1. The average Bonchev–Trinajstić information content (AvgIpc) is 2.40. The second-order valence-electron chi connectivity index (χ2n) is 5.20. The molecule has 17 heavy (non-hydrogen) atoms. The smallest absolute Gasteiger partial charge is 0.242 e. The number of carbonyl (C=O) groups is 1. The molecule has 0 aromatic rings. The Morgan fingerprint density at radius 1 is 1.12 bits per heavy atom. The molecule has 0 aromatic carbocycles. The monoisotopic (exact) mass is 257 g/mol. The van der Waals surface area contributed by atoms with Gasteiger partial charge in [0.2, 0.25) is 5.91 Å². The Bertz CT molecular complexity index is 271. The van der Waals surface area contributed by atoms with Crippen LogP contribution in [0.25, 0.3) is 0 Å². The van der Waals surface area contributed by atoms with E-state index in [-0.39, 0.29) is 5.54 Å². The molecular formula is C12H23N3OS. The number of nitrogens with zero attached hydrogens (tertiary/aromatic N) is 2. The van der Waals surface area contributed by atoms with Gasteiger partial charge in [-0.3, -0.25) is 9.69 Å². The number of piperazine rings is 1. The number of nitrogens with one attached hydrogen (secondary N) is 1. The molecule has 2 heterocycles. The van der Waals surface area contributed by atoms with Crippen molar-refractivity contribution in [2.45, 2.75) is 19.4 Å². The largest absolute Gasteiger partial charge is 0.339 e. The van der Waals surface area contributed by atoms with Gasteiger partial charge in [0.25, 0.3) is 0 Å². The lowest BCUT2D eigenvalue weighted by atomic mass is 10.00. The zero-order chi connectivity index (χ0) is 12.3. The number of hydrogen-bond donors (Lipinski definition) is 1. The van der Waals surface area contributed by atoms with E-state index in [1.807, 2.05) is 16.7 Å². The minimum Gasteiger partial charge on any atom is -0.339 e. The first kappa shape index (κ1) is 13.2. The Morgan fingerprint density at radius 3 is 2.29 bits per heavy atom. The van der Waals surface area contributed by atoms with Crippen LogP contribution >= 0.6 is 11.8 Å². The van der Waals surface area contributed by atoms with Crippen LogP contribution in [0.15, 0.2) is 0 Å². The lowest BCUT2D eigenvalue weighted by molar-refractivity contribution is -0.143. The van der Waals surface area contributed by atoms with Crippen molar-refractivity contribution in [1.29, 1.82) is 0 Å². The second kappa shape index (κ2) is 5.59. The summed E-state index contributed by atoms with van der Waals surface area (Å²) < 4.78 is 0. The average molecular weight is 257 g/mol. The molecule has 0 aromatic heterocycles. The molecule has 4 nitrogen and oxygen atoms in total. The molecule has 0 saturated carbocycles. The highest BCUT2D eigenvalue weighted by atomic mass is 32.2. The summed E-state index contributed by atoms with van der Waals surface area (Å²) in [4.78, 5) is 16.9. The molecule has 0 unspecified atom stereocenters. The van der Waals surface area contributed by atoms with Crippen molar-refractivity contribution in [3.05, 3.63) is 0 Å². The van der Waals surface area contributed by atoms with Crippen molar-refractivity contribution in [2.75, 3.05) is 50.8 Å². The second-order valence-corrected chi connectivity index (χ2v) is 6.43. The van der Waals surface area contributed by atoms with E-state index in [0.717, 1.165) is 50.8 Å². The zero-order valence-corrected chi connectivity index (χ0v) is 11.7. The summed E-state index contributed by atoms with van der Waals surface area (Å²) in [5.41, 5.74) is -0.335. The molecule has 98 valence electrons. The number of rotatable bonds is 2. The van der Waals surface area contributed by atoms with Gasteiger partial charge in [0.1, 0.15) is 0 Å². The third-order valence-corrected chi connectivity index (χ3v) is 4.67. The first-order valence-electron chi connectivity index (χ1n) is 6.45. The summed E-state index contributed by atoms with van der Waals surface area (Å²) in [6.07, 6.45) is 0. The van der Waals surface area contributed by atoms with Crippen LogP contribution in [0.5, 0.6) is 0 Å². The van der Waals surface area contributed by atoms with Gasteiger partial charge in [-0.25, -0.2) is 0 Å². The van der Waals surface area contributed by atoms with Gasteiger partial charge in [-0.1, -0.05) is 0 Å². The maximum absolute atomic E-state index is 12.6. The van der Waals surface area contributed by atoms with Crippen LogP contribution in [0, 0.1) is 0 Å². The van der Waals surface area contributed by atoms with Crippen LogP contribution in [0.1, 0.15) is 13.8 Å². The van der Waals surface area contributed by atoms with Crippen molar-refractivity contribution in [3.8, 4) is 0 Å². The predicted octanol–water partition coefficient (Wildman–Crippen LogP) is 0.246. The number of thioether (sulfide) groups is 1. The maximum atomic E-state index is 12.6. The van der Waals surface area contributed by atoms with Gasteiger partial charge in [0.05, 0.1) is 5.54 Å². The Hall–Kier alpha value is -0.260. The third kappa shape index (κ3) is 2.95. The molecule has 0 spiro atoms. The summed E-state index contributed by atoms with van der Waals surface area (Å²) in [7, 11) is 0. The Morgan fingerprint density at radius 2 is 1.71 bits per heavy atom. The molecular weight excluding hydrogens is 234 g/mol. The quantitative estimate of drug-likeness (QED) is 0.769. The molecule has 5 heteroatoms. The topological polar surface area (TPSA) is 35.6 Å². The Balaban J connectivity index is 1.99. The van der Waals surface area contributed by atoms with E-state index in [4.69, 9.17) is 0 Å². The van der Waals surface area contributed by atoms with Crippen LogP contribution < -0.4 is 5.32 Å². The van der Waals surface area contributed by atoms with Crippen molar-refractivity contribution in [2.24, 2.45) is 0 Å². The third-order valence-electron chi connectivity index (χ3n) is 3.73. The van der Waals surface area contributed by atoms with Crippen LogP contribution in [0.3, 0.4) is 0 Å². The standard InChI is InChI=1S/C12H23N3OS/c1-12(2,15-7-9-17-10-8-15)11(16)14-5-3-13-4-6-14/h13H,3-10H2,1-2H3. The minimum absolute atomic E-state index is 0.297. The molecule has 1 N–H and O–H groups in total. The lowest BCUT2D eigenvalue weighted by Gasteiger charge is -2.43. The molecule has 2 fully saturated rings. The van der Waals surface area contributed by atoms with Crippen molar-refractivity contribution < 1.29 is 4.79 Å². The fraction of sp³-hybridized carbons (Fsp3) is 0.917. The van der Waals surface area contributed by atoms with E-state index in [0.29, 0.717) is 5.91 Å². The molecule has 2 saturated heterocycles. The van der Waals surface area contributed by atoms with Gasteiger partial charge in [-0.15, -0.1) is 0 Å². The van der Waals surface area contributed by atoms with E-state index in [1.165, 1.54) is 0 Å². The summed E-state index contributed by atoms with van der Waals surface area (Å²) in [5, 5.41) is 3.29. The first-order chi connectivity index (χ1) is 8.12. The van der Waals surface area contributed by atoms with E-state index in [1.54, 1.807) is 0 Å². The van der Waals surface area contributed by atoms with E-state index < -0.39 is 0 Å². The van der Waals surface area contributed by atoms with E-state index >= 15 is 0 Å². The summed E-state index contributed by atoms with van der Waals surface area (Å²) >= 11 is 1.99. The first-order valence-corrected chi connectivity index (χ1v) is 7.61. The van der Waals surface area contributed by atoms with Crippen molar-refractivity contribution in [1.82, 2.24) is 15.1 Å². The highest BCUT2D eigenvalue weighted by Gasteiger charge is 2.38. The van der Waals surface area contributed by atoms with Gasteiger partial charge in [-0.05, 0) is 13.8 Å². The summed E-state index contributed by atoms with van der Waals surface area (Å²) in [6, 6.07) is 0. The van der Waals surface area contributed by atoms with Gasteiger partial charge < -0.3 is 10.2 Å². The Labute approximate surface area is 108 Å². The van der Waals surface area contributed by atoms with Gasteiger partial charge in [-0.2, -0.15) is 11.8 Å². The molecule has 0 aliphatic carbocycles. The molecule has 0 bridgehead atoms. The zero-order valence-electron chi connectivity index (χ0n) is 10.9.